The third-order valence-corrected chi connectivity index (χ3v) is 7.64. The molecular weight excluding hydrogens is 462 g/mol. The molecule has 1 aliphatic rings. The van der Waals surface area contributed by atoms with Crippen molar-refractivity contribution in [3.8, 4) is 0 Å². The Balaban J connectivity index is 1.28. The summed E-state index contributed by atoms with van der Waals surface area (Å²) in [5.41, 5.74) is 1.51. The minimum absolute atomic E-state index is 0.0788. The second-order valence-electron chi connectivity index (χ2n) is 8.93. The summed E-state index contributed by atoms with van der Waals surface area (Å²) in [5.74, 6) is 0.884. The van der Waals surface area contributed by atoms with Crippen molar-refractivity contribution in [3.05, 3.63) is 69.7 Å². The number of aromatic nitrogens is 3. The van der Waals surface area contributed by atoms with Gasteiger partial charge in [0, 0.05) is 32.7 Å². The Morgan fingerprint density at radius 1 is 1.17 bits per heavy atom. The minimum atomic E-state index is -0.168. The lowest BCUT2D eigenvalue weighted by Gasteiger charge is -2.33. The number of rotatable bonds is 8. The summed E-state index contributed by atoms with van der Waals surface area (Å²) in [5, 5.41) is 1.67. The predicted molar refractivity (Wildman–Crippen MR) is 138 cm³/mol. The number of nitrogens with one attached hydrogen (secondary N) is 1. The number of carbonyl (C=O) groups is 1. The lowest BCUT2D eigenvalue weighted by Crippen LogP contribution is -2.45. The largest absolute Gasteiger partial charge is 0.383 e. The molecule has 0 spiro atoms. The smallest absolute Gasteiger partial charge is 0.258 e. The second kappa shape index (κ2) is 10.6. The molecular formula is C26H29N5O3S. The average molecular weight is 492 g/mol. The molecule has 0 radical (unpaired) electrons. The SMILES string of the molecule is COCCN(CC(=O)N1CCCC(c2nc3ccccc3s2)C1)Cc1nc2ccccc2c(=O)[nH]1. The fourth-order valence-corrected chi connectivity index (χ4v) is 5.71. The third kappa shape index (κ3) is 5.42. The number of methoxy groups -OCH3 is 1. The molecule has 1 amide bonds. The number of H-pyrrole nitrogens is 1. The van der Waals surface area contributed by atoms with Crippen LogP contribution >= 0.6 is 11.3 Å². The van der Waals surface area contributed by atoms with E-state index in [4.69, 9.17) is 9.72 Å². The van der Waals surface area contributed by atoms with E-state index in [2.05, 4.69) is 16.0 Å². The summed E-state index contributed by atoms with van der Waals surface area (Å²) in [4.78, 5) is 42.1. The van der Waals surface area contributed by atoms with Crippen molar-refractivity contribution in [2.24, 2.45) is 0 Å². The van der Waals surface area contributed by atoms with E-state index < -0.39 is 0 Å². The average Bonchev–Trinajstić information content (AvgIpc) is 3.32. The Kier molecular flexibility index (Phi) is 7.17. The van der Waals surface area contributed by atoms with E-state index in [0.717, 1.165) is 29.9 Å². The molecule has 0 saturated carbocycles. The van der Waals surface area contributed by atoms with Crippen molar-refractivity contribution < 1.29 is 9.53 Å². The first-order valence-corrected chi connectivity index (χ1v) is 12.7. The van der Waals surface area contributed by atoms with Crippen LogP contribution in [0.2, 0.25) is 0 Å². The van der Waals surface area contributed by atoms with Gasteiger partial charge in [-0.15, -0.1) is 11.3 Å². The standard InChI is InChI=1S/C26H29N5O3S/c1-34-14-13-30(16-23-27-20-9-3-2-8-19(20)25(33)29-23)17-24(32)31-12-6-7-18(15-31)26-28-21-10-4-5-11-22(21)35-26/h2-5,8-11,18H,6-7,12-17H2,1H3,(H,27,29,33). The highest BCUT2D eigenvalue weighted by Gasteiger charge is 2.28. The molecule has 4 aromatic rings. The number of aromatic amines is 1. The molecule has 8 nitrogen and oxygen atoms in total. The monoisotopic (exact) mass is 491 g/mol. The highest BCUT2D eigenvalue weighted by Crippen LogP contribution is 2.33. The number of amides is 1. The van der Waals surface area contributed by atoms with Crippen LogP contribution in [-0.2, 0) is 16.1 Å². The number of ether oxygens (including phenoxy) is 1. The summed E-state index contributed by atoms with van der Waals surface area (Å²) < 4.78 is 6.46. The zero-order valence-electron chi connectivity index (χ0n) is 19.8. The molecule has 1 atom stereocenters. The maximum absolute atomic E-state index is 13.3. The van der Waals surface area contributed by atoms with Crippen LogP contribution in [0.25, 0.3) is 21.1 Å². The molecule has 9 heteroatoms. The van der Waals surface area contributed by atoms with E-state index in [1.807, 2.05) is 46.2 Å². The summed E-state index contributed by atoms with van der Waals surface area (Å²) in [6.45, 7) is 3.09. The van der Waals surface area contributed by atoms with Crippen molar-refractivity contribution in [2.45, 2.75) is 25.3 Å². The maximum Gasteiger partial charge on any atom is 0.258 e. The number of hydrogen-bond donors (Lipinski definition) is 1. The quantitative estimate of drug-likeness (QED) is 0.406. The Morgan fingerprint density at radius 3 is 2.80 bits per heavy atom. The zero-order valence-corrected chi connectivity index (χ0v) is 20.6. The molecule has 0 bridgehead atoms. The number of likely N-dealkylation sites (tertiary alicyclic amines) is 1. The molecule has 1 aliphatic heterocycles. The summed E-state index contributed by atoms with van der Waals surface area (Å²) in [6, 6.07) is 15.5. The van der Waals surface area contributed by atoms with Crippen LogP contribution in [-0.4, -0.2) is 70.6 Å². The van der Waals surface area contributed by atoms with Crippen molar-refractivity contribution in [1.82, 2.24) is 24.8 Å². The van der Waals surface area contributed by atoms with Crippen molar-refractivity contribution in [3.63, 3.8) is 0 Å². The fourth-order valence-electron chi connectivity index (χ4n) is 4.62. The zero-order chi connectivity index (χ0) is 24.2. The first-order chi connectivity index (χ1) is 17.1. The number of benzene rings is 2. The van der Waals surface area contributed by atoms with Gasteiger partial charge in [0.2, 0.25) is 5.91 Å². The molecule has 1 fully saturated rings. The van der Waals surface area contributed by atoms with E-state index in [0.29, 0.717) is 43.0 Å². The Bertz CT molecular complexity index is 1350. The predicted octanol–water partition coefficient (Wildman–Crippen LogP) is 3.39. The lowest BCUT2D eigenvalue weighted by atomic mass is 9.98. The molecule has 2 aromatic carbocycles. The van der Waals surface area contributed by atoms with Crippen LogP contribution in [0.3, 0.4) is 0 Å². The molecule has 182 valence electrons. The number of fused-ring (bicyclic) bond motifs is 2. The minimum Gasteiger partial charge on any atom is -0.383 e. The highest BCUT2D eigenvalue weighted by molar-refractivity contribution is 7.18. The topological polar surface area (TPSA) is 91.4 Å². The Morgan fingerprint density at radius 2 is 1.97 bits per heavy atom. The number of nitrogens with zero attached hydrogens (tertiary/aromatic N) is 4. The van der Waals surface area contributed by atoms with Gasteiger partial charge in [-0.2, -0.15) is 0 Å². The second-order valence-corrected chi connectivity index (χ2v) is 9.99. The van der Waals surface area contributed by atoms with Gasteiger partial charge in [0.15, 0.2) is 0 Å². The third-order valence-electron chi connectivity index (χ3n) is 6.44. The van der Waals surface area contributed by atoms with Crippen LogP contribution in [0.15, 0.2) is 53.3 Å². The van der Waals surface area contributed by atoms with Gasteiger partial charge in [0.25, 0.3) is 5.56 Å². The molecule has 1 unspecified atom stereocenters. The van der Waals surface area contributed by atoms with E-state index in [1.165, 1.54) is 4.70 Å². The number of para-hydroxylation sites is 2. The molecule has 0 aliphatic carbocycles. The highest BCUT2D eigenvalue weighted by atomic mass is 32.1. The fraction of sp³-hybridized carbons (Fsp3) is 0.385. The van der Waals surface area contributed by atoms with Gasteiger partial charge in [0.05, 0.1) is 45.8 Å². The van der Waals surface area contributed by atoms with Gasteiger partial charge < -0.3 is 14.6 Å². The van der Waals surface area contributed by atoms with Gasteiger partial charge in [-0.05, 0) is 37.1 Å². The molecule has 5 rings (SSSR count). The first-order valence-electron chi connectivity index (χ1n) is 11.9. The summed E-state index contributed by atoms with van der Waals surface area (Å²) in [6.07, 6.45) is 2.00. The van der Waals surface area contributed by atoms with Crippen LogP contribution in [0.4, 0.5) is 0 Å². The van der Waals surface area contributed by atoms with Crippen molar-refractivity contribution in [1.29, 1.82) is 0 Å². The summed E-state index contributed by atoms with van der Waals surface area (Å²) in [7, 11) is 1.64. The lowest BCUT2D eigenvalue weighted by molar-refractivity contribution is -0.134. The number of carbonyl (C=O) groups excluding carboxylic acids is 1. The van der Waals surface area contributed by atoms with Gasteiger partial charge in [0.1, 0.15) is 5.82 Å². The van der Waals surface area contributed by atoms with Crippen molar-refractivity contribution in [2.75, 3.05) is 39.9 Å². The van der Waals surface area contributed by atoms with Crippen molar-refractivity contribution >= 4 is 38.4 Å². The van der Waals surface area contributed by atoms with E-state index in [-0.39, 0.29) is 23.9 Å². The van der Waals surface area contributed by atoms with E-state index >= 15 is 0 Å². The van der Waals surface area contributed by atoms with E-state index in [9.17, 15) is 9.59 Å². The van der Waals surface area contributed by atoms with E-state index in [1.54, 1.807) is 24.5 Å². The molecule has 3 heterocycles. The molecule has 1 N–H and O–H groups in total. The van der Waals surface area contributed by atoms with Gasteiger partial charge >= 0.3 is 0 Å². The van der Waals surface area contributed by atoms with Crippen LogP contribution < -0.4 is 5.56 Å². The summed E-state index contributed by atoms with van der Waals surface area (Å²) >= 11 is 1.73. The number of piperidine rings is 1. The first kappa shape index (κ1) is 23.6. The van der Waals surface area contributed by atoms with Gasteiger partial charge in [-0.1, -0.05) is 24.3 Å². The maximum atomic E-state index is 13.3. The Hall–Kier alpha value is -3.14. The molecule has 35 heavy (non-hydrogen) atoms. The van der Waals surface area contributed by atoms with Gasteiger partial charge in [-0.3, -0.25) is 14.5 Å². The number of thiazole rings is 1. The van der Waals surface area contributed by atoms with Crippen LogP contribution in [0.5, 0.6) is 0 Å². The van der Waals surface area contributed by atoms with Gasteiger partial charge in [-0.25, -0.2) is 9.97 Å². The molecule has 1 saturated heterocycles. The Labute approximate surface area is 207 Å². The number of hydrogen-bond acceptors (Lipinski definition) is 7. The normalized spacial score (nSPS) is 16.4. The van der Waals surface area contributed by atoms with Crippen LogP contribution in [0, 0.1) is 0 Å². The molecule has 2 aromatic heterocycles. The van der Waals surface area contributed by atoms with Crippen LogP contribution in [0.1, 0.15) is 29.6 Å².